The number of hydrogen-bond donors (Lipinski definition) is 2. The van der Waals surface area contributed by atoms with E-state index in [1.807, 2.05) is 45.9 Å². The summed E-state index contributed by atoms with van der Waals surface area (Å²) < 4.78 is 0. The van der Waals surface area contributed by atoms with E-state index in [4.69, 9.17) is 0 Å². The van der Waals surface area contributed by atoms with E-state index in [9.17, 15) is 9.90 Å². The molecule has 0 saturated heterocycles. The molecule has 0 aliphatic heterocycles. The zero-order valence-corrected chi connectivity index (χ0v) is 11.7. The molecule has 0 spiro atoms. The third-order valence-electron chi connectivity index (χ3n) is 2.87. The monoisotopic (exact) mass is 249 g/mol. The van der Waals surface area contributed by atoms with Gasteiger partial charge in [-0.15, -0.1) is 0 Å². The van der Waals surface area contributed by atoms with Crippen LogP contribution < -0.4 is 5.32 Å². The van der Waals surface area contributed by atoms with Crippen LogP contribution in [0.15, 0.2) is 18.2 Å². The Hall–Kier alpha value is -1.35. The normalized spacial score (nSPS) is 12.6. The Kier molecular flexibility index (Phi) is 5.35. The van der Waals surface area contributed by atoms with Crippen LogP contribution in [0, 0.1) is 19.8 Å². The second kappa shape index (κ2) is 6.55. The third kappa shape index (κ3) is 4.49. The molecule has 18 heavy (non-hydrogen) atoms. The Balaban J connectivity index is 2.55. The van der Waals surface area contributed by atoms with E-state index in [2.05, 4.69) is 5.32 Å². The van der Waals surface area contributed by atoms with Crippen molar-refractivity contribution in [3.8, 4) is 0 Å². The summed E-state index contributed by atoms with van der Waals surface area (Å²) in [4.78, 5) is 11.5. The van der Waals surface area contributed by atoms with E-state index in [0.717, 1.165) is 11.1 Å². The highest BCUT2D eigenvalue weighted by atomic mass is 16.3. The minimum Gasteiger partial charge on any atom is -0.387 e. The molecule has 1 aromatic rings. The summed E-state index contributed by atoms with van der Waals surface area (Å²) >= 11 is 0. The van der Waals surface area contributed by atoms with Crippen molar-refractivity contribution in [2.24, 2.45) is 5.92 Å². The molecule has 0 heterocycles. The minimum atomic E-state index is -0.637. The highest BCUT2D eigenvalue weighted by molar-refractivity contribution is 5.76. The van der Waals surface area contributed by atoms with Crippen LogP contribution in [-0.2, 0) is 4.79 Å². The Morgan fingerprint density at radius 1 is 1.33 bits per heavy atom. The maximum absolute atomic E-state index is 11.5. The second-order valence-corrected chi connectivity index (χ2v) is 5.28. The van der Waals surface area contributed by atoms with E-state index in [0.29, 0.717) is 12.3 Å². The summed E-state index contributed by atoms with van der Waals surface area (Å²) in [6.45, 7) is 8.27. The number of amides is 1. The Labute approximate surface area is 109 Å². The molecule has 0 aliphatic rings. The Bertz CT molecular complexity index is 413. The molecule has 100 valence electrons. The average Bonchev–Trinajstić information content (AvgIpc) is 2.25. The van der Waals surface area contributed by atoms with Crippen molar-refractivity contribution in [3.05, 3.63) is 34.9 Å². The predicted octanol–water partition coefficient (Wildman–Crippen LogP) is 2.50. The molecule has 1 amide bonds. The van der Waals surface area contributed by atoms with Crippen LogP contribution in [0.3, 0.4) is 0 Å². The number of aryl methyl sites for hydroxylation is 2. The first kappa shape index (κ1) is 14.7. The number of rotatable bonds is 5. The molecule has 0 radical (unpaired) electrons. The lowest BCUT2D eigenvalue weighted by Crippen LogP contribution is -2.29. The fourth-order valence-electron chi connectivity index (χ4n) is 1.96. The molecule has 0 aliphatic carbocycles. The van der Waals surface area contributed by atoms with Gasteiger partial charge >= 0.3 is 0 Å². The van der Waals surface area contributed by atoms with E-state index < -0.39 is 6.10 Å². The van der Waals surface area contributed by atoms with E-state index >= 15 is 0 Å². The van der Waals surface area contributed by atoms with Gasteiger partial charge in [0.25, 0.3) is 0 Å². The molecule has 2 N–H and O–H groups in total. The molecule has 1 atom stereocenters. The molecule has 3 heteroatoms. The predicted molar refractivity (Wildman–Crippen MR) is 73.3 cm³/mol. The van der Waals surface area contributed by atoms with Crippen LogP contribution in [-0.4, -0.2) is 17.6 Å². The van der Waals surface area contributed by atoms with Crippen molar-refractivity contribution in [1.29, 1.82) is 0 Å². The zero-order valence-electron chi connectivity index (χ0n) is 11.7. The summed E-state index contributed by atoms with van der Waals surface area (Å²) in [5, 5.41) is 12.8. The summed E-state index contributed by atoms with van der Waals surface area (Å²) in [7, 11) is 0. The molecule has 1 rings (SSSR count). The number of aliphatic hydroxyl groups excluding tert-OH is 1. The molecule has 3 nitrogen and oxygen atoms in total. The maximum Gasteiger partial charge on any atom is 0.220 e. The van der Waals surface area contributed by atoms with Crippen LogP contribution in [0.2, 0.25) is 0 Å². The first-order chi connectivity index (χ1) is 8.40. The number of benzene rings is 1. The van der Waals surface area contributed by atoms with Crippen molar-refractivity contribution in [2.45, 2.75) is 40.2 Å². The second-order valence-electron chi connectivity index (χ2n) is 5.28. The smallest absolute Gasteiger partial charge is 0.220 e. The van der Waals surface area contributed by atoms with Crippen LogP contribution in [0.4, 0.5) is 0 Å². The molecule has 0 fully saturated rings. The minimum absolute atomic E-state index is 0.00573. The molecule has 0 saturated carbocycles. The van der Waals surface area contributed by atoms with Crippen LogP contribution in [0.1, 0.15) is 43.1 Å². The van der Waals surface area contributed by atoms with Crippen molar-refractivity contribution in [2.75, 3.05) is 6.54 Å². The summed E-state index contributed by atoms with van der Waals surface area (Å²) in [6.07, 6.45) is -0.138. The third-order valence-corrected chi connectivity index (χ3v) is 2.87. The quantitative estimate of drug-likeness (QED) is 0.842. The highest BCUT2D eigenvalue weighted by Gasteiger charge is 2.12. The van der Waals surface area contributed by atoms with Crippen molar-refractivity contribution >= 4 is 5.91 Å². The van der Waals surface area contributed by atoms with Gasteiger partial charge < -0.3 is 10.4 Å². The number of aliphatic hydroxyl groups is 1. The Morgan fingerprint density at radius 3 is 2.56 bits per heavy atom. The lowest BCUT2D eigenvalue weighted by molar-refractivity contribution is -0.122. The Morgan fingerprint density at radius 2 is 2.00 bits per heavy atom. The number of hydrogen-bond acceptors (Lipinski definition) is 2. The fraction of sp³-hybridized carbons (Fsp3) is 0.533. The number of carbonyl (C=O) groups excluding carboxylic acids is 1. The molecule has 1 aromatic carbocycles. The van der Waals surface area contributed by atoms with Gasteiger partial charge in [-0.05, 0) is 30.9 Å². The SMILES string of the molecule is Cc1ccc(C(O)CNC(=O)CC(C)C)c(C)c1. The van der Waals surface area contributed by atoms with Crippen LogP contribution in [0.25, 0.3) is 0 Å². The summed E-state index contributed by atoms with van der Waals surface area (Å²) in [5.41, 5.74) is 3.11. The van der Waals surface area contributed by atoms with Gasteiger partial charge in [0, 0.05) is 13.0 Å². The van der Waals surface area contributed by atoms with Gasteiger partial charge in [-0.1, -0.05) is 37.6 Å². The first-order valence-electron chi connectivity index (χ1n) is 6.42. The average molecular weight is 249 g/mol. The van der Waals surface area contributed by atoms with Gasteiger partial charge in [-0.25, -0.2) is 0 Å². The van der Waals surface area contributed by atoms with E-state index in [1.165, 1.54) is 5.56 Å². The molecular formula is C15H23NO2. The maximum atomic E-state index is 11.5. The van der Waals surface area contributed by atoms with Gasteiger partial charge in [-0.3, -0.25) is 4.79 Å². The van der Waals surface area contributed by atoms with Gasteiger partial charge in [0.15, 0.2) is 0 Å². The summed E-state index contributed by atoms with van der Waals surface area (Å²) in [5.74, 6) is 0.331. The largest absolute Gasteiger partial charge is 0.387 e. The van der Waals surface area contributed by atoms with Gasteiger partial charge in [-0.2, -0.15) is 0 Å². The number of carbonyl (C=O) groups is 1. The van der Waals surface area contributed by atoms with Gasteiger partial charge in [0.1, 0.15) is 0 Å². The molecular weight excluding hydrogens is 226 g/mol. The standard InChI is InChI=1S/C15H23NO2/c1-10(2)7-15(18)16-9-14(17)13-6-5-11(3)8-12(13)4/h5-6,8,10,14,17H,7,9H2,1-4H3,(H,16,18). The van der Waals surface area contributed by atoms with Crippen molar-refractivity contribution < 1.29 is 9.90 Å². The molecule has 1 unspecified atom stereocenters. The summed E-state index contributed by atoms with van der Waals surface area (Å²) in [6, 6.07) is 5.93. The van der Waals surface area contributed by atoms with E-state index in [-0.39, 0.29) is 12.5 Å². The number of nitrogens with one attached hydrogen (secondary N) is 1. The van der Waals surface area contributed by atoms with Gasteiger partial charge in [0.05, 0.1) is 6.10 Å². The van der Waals surface area contributed by atoms with Crippen LogP contribution in [0.5, 0.6) is 0 Å². The lowest BCUT2D eigenvalue weighted by atomic mass is 10.0. The lowest BCUT2D eigenvalue weighted by Gasteiger charge is -2.15. The highest BCUT2D eigenvalue weighted by Crippen LogP contribution is 2.18. The molecule has 0 aromatic heterocycles. The van der Waals surface area contributed by atoms with E-state index in [1.54, 1.807) is 0 Å². The fourth-order valence-corrected chi connectivity index (χ4v) is 1.96. The first-order valence-corrected chi connectivity index (χ1v) is 6.42. The zero-order chi connectivity index (χ0) is 13.7. The van der Waals surface area contributed by atoms with Gasteiger partial charge in [0.2, 0.25) is 5.91 Å². The van der Waals surface area contributed by atoms with Crippen molar-refractivity contribution in [3.63, 3.8) is 0 Å². The van der Waals surface area contributed by atoms with Crippen LogP contribution >= 0.6 is 0 Å². The molecule has 0 bridgehead atoms. The van der Waals surface area contributed by atoms with Crippen molar-refractivity contribution in [1.82, 2.24) is 5.32 Å². The topological polar surface area (TPSA) is 49.3 Å².